The minimum atomic E-state index is -0.863. The number of ketones is 1. The van der Waals surface area contributed by atoms with E-state index < -0.39 is 23.5 Å². The Bertz CT molecular complexity index is 1090. The van der Waals surface area contributed by atoms with E-state index in [1.165, 1.54) is 17.2 Å². The Labute approximate surface area is 165 Å². The van der Waals surface area contributed by atoms with Crippen molar-refractivity contribution in [3.63, 3.8) is 0 Å². The van der Waals surface area contributed by atoms with Crippen LogP contribution in [0.1, 0.15) is 27.7 Å². The number of aryl methyl sites for hydroxylation is 1. The highest BCUT2D eigenvalue weighted by Crippen LogP contribution is 2.42. The Kier molecular flexibility index (Phi) is 4.49. The number of Topliss-reactive ketones (excluding diaryl/α,β-unsaturated/α-hetero) is 1. The number of amides is 1. The van der Waals surface area contributed by atoms with E-state index in [2.05, 4.69) is 4.98 Å². The van der Waals surface area contributed by atoms with Crippen molar-refractivity contribution in [2.75, 3.05) is 4.90 Å². The molecule has 2 aromatic heterocycles. The van der Waals surface area contributed by atoms with Gasteiger partial charge in [0.2, 0.25) is 5.78 Å². The van der Waals surface area contributed by atoms with Gasteiger partial charge in [0.1, 0.15) is 0 Å². The van der Waals surface area contributed by atoms with Gasteiger partial charge in [0, 0.05) is 23.1 Å². The Balaban J connectivity index is 1.89. The zero-order valence-corrected chi connectivity index (χ0v) is 15.6. The van der Waals surface area contributed by atoms with Gasteiger partial charge in [-0.2, -0.15) is 0 Å². The van der Waals surface area contributed by atoms with E-state index >= 15 is 0 Å². The largest absolute Gasteiger partial charge is 0.503 e. The van der Waals surface area contributed by atoms with Crippen molar-refractivity contribution in [3.05, 3.63) is 94.4 Å². The van der Waals surface area contributed by atoms with Gasteiger partial charge in [-0.1, -0.05) is 23.7 Å². The smallest absolute Gasteiger partial charge is 0.294 e. The molecule has 0 saturated carbocycles. The van der Waals surface area contributed by atoms with E-state index in [-0.39, 0.29) is 11.3 Å². The maximum Gasteiger partial charge on any atom is 0.294 e. The molecular formula is C21H15ClN2O4. The average Bonchev–Trinajstić information content (AvgIpc) is 3.32. The summed E-state index contributed by atoms with van der Waals surface area (Å²) in [5.74, 6) is -1.84. The number of furan rings is 1. The van der Waals surface area contributed by atoms with Crippen LogP contribution in [0.25, 0.3) is 0 Å². The summed E-state index contributed by atoms with van der Waals surface area (Å²) in [5.41, 5.74) is 1.82. The molecule has 0 radical (unpaired) electrons. The molecule has 3 heterocycles. The highest BCUT2D eigenvalue weighted by molar-refractivity contribution is 6.31. The lowest BCUT2D eigenvalue weighted by atomic mass is 9.96. The first-order valence-corrected chi connectivity index (χ1v) is 8.88. The number of carbonyl (C=O) groups excluding carboxylic acids is 2. The molecule has 1 N–H and O–H groups in total. The summed E-state index contributed by atoms with van der Waals surface area (Å²) in [6, 6.07) is 10.7. The summed E-state index contributed by atoms with van der Waals surface area (Å²) < 4.78 is 5.19. The number of carbonyl (C=O) groups is 2. The summed E-state index contributed by atoms with van der Waals surface area (Å²) in [6.45, 7) is 1.85. The first-order valence-electron chi connectivity index (χ1n) is 8.50. The maximum absolute atomic E-state index is 13.0. The topological polar surface area (TPSA) is 83.6 Å². The average molecular weight is 395 g/mol. The zero-order valence-electron chi connectivity index (χ0n) is 14.8. The van der Waals surface area contributed by atoms with Crippen LogP contribution in [0.15, 0.2) is 76.9 Å². The number of aliphatic hydroxyl groups is 1. The molecule has 0 spiro atoms. The molecule has 1 atom stereocenters. The fourth-order valence-electron chi connectivity index (χ4n) is 3.23. The fraction of sp³-hybridized carbons (Fsp3) is 0.0952. The summed E-state index contributed by atoms with van der Waals surface area (Å²) in [7, 11) is 0. The lowest BCUT2D eigenvalue weighted by Gasteiger charge is -2.26. The zero-order chi connectivity index (χ0) is 19.8. The molecule has 6 nitrogen and oxygen atoms in total. The number of hydrogen-bond acceptors (Lipinski definition) is 5. The van der Waals surface area contributed by atoms with Crippen LogP contribution in [-0.2, 0) is 4.79 Å². The Hall–Kier alpha value is -3.38. The number of aromatic nitrogens is 1. The number of halogens is 1. The van der Waals surface area contributed by atoms with Crippen LogP contribution >= 0.6 is 11.6 Å². The third-order valence-electron chi connectivity index (χ3n) is 4.63. The SMILES string of the molecule is Cc1ccc(N2C(=O)C(O)=C(C(=O)c3ccco3)C2c2cccnc2)cc1Cl. The minimum Gasteiger partial charge on any atom is -0.503 e. The molecule has 1 unspecified atom stereocenters. The molecule has 7 heteroatoms. The quantitative estimate of drug-likeness (QED) is 0.662. The van der Waals surface area contributed by atoms with Crippen molar-refractivity contribution in [2.24, 2.45) is 0 Å². The van der Waals surface area contributed by atoms with Gasteiger partial charge in [0.05, 0.1) is 17.9 Å². The highest BCUT2D eigenvalue weighted by Gasteiger charge is 2.45. The van der Waals surface area contributed by atoms with Crippen molar-refractivity contribution in [1.82, 2.24) is 4.98 Å². The molecule has 0 fully saturated rings. The second-order valence-corrected chi connectivity index (χ2v) is 6.77. The third-order valence-corrected chi connectivity index (χ3v) is 5.04. The molecule has 1 aromatic carbocycles. The number of aliphatic hydroxyl groups excluding tert-OH is 1. The van der Waals surface area contributed by atoms with Crippen LogP contribution in [0.3, 0.4) is 0 Å². The number of benzene rings is 1. The van der Waals surface area contributed by atoms with E-state index in [1.807, 2.05) is 6.92 Å². The Morgan fingerprint density at radius 2 is 2.07 bits per heavy atom. The van der Waals surface area contributed by atoms with Gasteiger partial charge in [0.25, 0.3) is 5.91 Å². The molecule has 3 aromatic rings. The first-order chi connectivity index (χ1) is 13.5. The summed E-state index contributed by atoms with van der Waals surface area (Å²) in [6.07, 6.45) is 4.50. The molecule has 140 valence electrons. The molecule has 0 saturated heterocycles. The molecule has 0 aliphatic carbocycles. The first kappa shape index (κ1) is 18.0. The van der Waals surface area contributed by atoms with Gasteiger partial charge in [-0.15, -0.1) is 0 Å². The minimum absolute atomic E-state index is 0.0343. The molecule has 4 rings (SSSR count). The van der Waals surface area contributed by atoms with Crippen LogP contribution < -0.4 is 4.90 Å². The number of pyridine rings is 1. The van der Waals surface area contributed by atoms with E-state index in [9.17, 15) is 14.7 Å². The van der Waals surface area contributed by atoms with E-state index in [1.54, 1.807) is 48.8 Å². The normalized spacial score (nSPS) is 16.7. The van der Waals surface area contributed by atoms with Crippen molar-refractivity contribution in [3.8, 4) is 0 Å². The number of anilines is 1. The van der Waals surface area contributed by atoms with E-state index in [4.69, 9.17) is 16.0 Å². The van der Waals surface area contributed by atoms with Gasteiger partial charge in [-0.25, -0.2) is 0 Å². The fourth-order valence-corrected chi connectivity index (χ4v) is 3.40. The van der Waals surface area contributed by atoms with Crippen LogP contribution in [0.2, 0.25) is 5.02 Å². The predicted molar refractivity (Wildman–Crippen MR) is 103 cm³/mol. The van der Waals surface area contributed by atoms with E-state index in [0.717, 1.165) is 5.56 Å². The van der Waals surface area contributed by atoms with Gasteiger partial charge in [-0.3, -0.25) is 19.5 Å². The predicted octanol–water partition coefficient (Wildman–Crippen LogP) is 4.42. The Morgan fingerprint density at radius 1 is 1.25 bits per heavy atom. The van der Waals surface area contributed by atoms with Gasteiger partial charge >= 0.3 is 0 Å². The lowest BCUT2D eigenvalue weighted by Crippen LogP contribution is -2.31. The van der Waals surface area contributed by atoms with Gasteiger partial charge < -0.3 is 9.52 Å². The monoisotopic (exact) mass is 394 g/mol. The van der Waals surface area contributed by atoms with Crippen LogP contribution in [0.4, 0.5) is 5.69 Å². The van der Waals surface area contributed by atoms with Crippen LogP contribution in [0.5, 0.6) is 0 Å². The standard InChI is InChI=1S/C21H15ClN2O4/c1-12-6-7-14(10-15(12)22)24-18(13-4-2-8-23-11-13)17(20(26)21(24)27)19(25)16-5-3-9-28-16/h2-11,18,26H,1H3. The maximum atomic E-state index is 13.0. The van der Waals surface area contributed by atoms with Crippen molar-refractivity contribution >= 4 is 29.0 Å². The van der Waals surface area contributed by atoms with Crippen LogP contribution in [-0.4, -0.2) is 21.8 Å². The second kappa shape index (κ2) is 6.98. The van der Waals surface area contributed by atoms with Gasteiger partial charge in [0.15, 0.2) is 11.5 Å². The third kappa shape index (κ3) is 2.88. The summed E-state index contributed by atoms with van der Waals surface area (Å²) in [5, 5.41) is 11.1. The number of hydrogen-bond donors (Lipinski definition) is 1. The number of rotatable bonds is 4. The summed E-state index contributed by atoms with van der Waals surface area (Å²) in [4.78, 5) is 31.4. The Morgan fingerprint density at radius 3 is 2.71 bits per heavy atom. The van der Waals surface area contributed by atoms with Crippen molar-refractivity contribution in [2.45, 2.75) is 13.0 Å². The molecule has 1 aliphatic rings. The van der Waals surface area contributed by atoms with Gasteiger partial charge in [-0.05, 0) is 48.4 Å². The summed E-state index contributed by atoms with van der Waals surface area (Å²) >= 11 is 6.24. The van der Waals surface area contributed by atoms with Crippen molar-refractivity contribution in [1.29, 1.82) is 0 Å². The van der Waals surface area contributed by atoms with Crippen molar-refractivity contribution < 1.29 is 19.1 Å². The molecular weight excluding hydrogens is 380 g/mol. The molecule has 1 amide bonds. The lowest BCUT2D eigenvalue weighted by molar-refractivity contribution is -0.117. The molecule has 0 bridgehead atoms. The van der Waals surface area contributed by atoms with E-state index in [0.29, 0.717) is 16.3 Å². The number of nitrogens with zero attached hydrogens (tertiary/aromatic N) is 2. The molecule has 1 aliphatic heterocycles. The second-order valence-electron chi connectivity index (χ2n) is 6.37. The molecule has 28 heavy (non-hydrogen) atoms. The van der Waals surface area contributed by atoms with Crippen LogP contribution in [0, 0.1) is 6.92 Å². The highest BCUT2D eigenvalue weighted by atomic mass is 35.5.